The highest BCUT2D eigenvalue weighted by Crippen LogP contribution is 2.34. The van der Waals surface area contributed by atoms with Crippen molar-refractivity contribution in [3.8, 4) is 23.3 Å². The zero-order valence-corrected chi connectivity index (χ0v) is 14.7. The lowest BCUT2D eigenvalue weighted by atomic mass is 10.1. The van der Waals surface area contributed by atoms with Crippen molar-refractivity contribution in [2.75, 3.05) is 7.11 Å². The van der Waals surface area contributed by atoms with E-state index in [1.165, 1.54) is 0 Å². The fourth-order valence-corrected chi connectivity index (χ4v) is 2.62. The van der Waals surface area contributed by atoms with Gasteiger partial charge in [0.1, 0.15) is 11.8 Å². The van der Waals surface area contributed by atoms with Crippen molar-refractivity contribution in [3.63, 3.8) is 0 Å². The average Bonchev–Trinajstić information content (AvgIpc) is 3.16. The number of rotatable bonds is 6. The molecule has 0 amide bonds. The molecular weight excluding hydrogens is 326 g/mol. The monoisotopic (exact) mass is 345 g/mol. The molecule has 0 aliphatic heterocycles. The van der Waals surface area contributed by atoms with Crippen LogP contribution < -0.4 is 9.47 Å². The Hall–Kier alpha value is -3.52. The molecule has 0 aliphatic rings. The van der Waals surface area contributed by atoms with Crippen LogP contribution in [-0.4, -0.2) is 16.7 Å². The lowest BCUT2D eigenvalue weighted by Gasteiger charge is -2.13. The normalized spacial score (nSPS) is 10.7. The van der Waals surface area contributed by atoms with Crippen molar-refractivity contribution in [3.05, 3.63) is 77.9 Å². The molecule has 0 spiro atoms. The Balaban J connectivity index is 1.92. The molecule has 0 aliphatic carbocycles. The first-order valence-electron chi connectivity index (χ1n) is 8.21. The molecule has 3 rings (SSSR count). The Bertz CT molecular complexity index is 954. The van der Waals surface area contributed by atoms with Crippen LogP contribution in [0.3, 0.4) is 0 Å². The fourth-order valence-electron chi connectivity index (χ4n) is 2.62. The first-order valence-corrected chi connectivity index (χ1v) is 8.21. The summed E-state index contributed by atoms with van der Waals surface area (Å²) in [7, 11) is 1.60. The Morgan fingerprint density at radius 1 is 1.15 bits per heavy atom. The standard InChI is InChI=1S/C21H19N3O2/c1-3-4-16-6-8-19(21(11-16)25-2)26-20-12-17(5-7-18(20)13-22)14-24-10-9-23-15-24/h3-12,15H,14H2,1-2H3. The van der Waals surface area contributed by atoms with E-state index >= 15 is 0 Å². The highest BCUT2D eigenvalue weighted by atomic mass is 16.5. The van der Waals surface area contributed by atoms with Gasteiger partial charge in [-0.25, -0.2) is 4.98 Å². The maximum Gasteiger partial charge on any atom is 0.169 e. The summed E-state index contributed by atoms with van der Waals surface area (Å²) in [4.78, 5) is 4.05. The van der Waals surface area contributed by atoms with Crippen LogP contribution in [0.25, 0.3) is 6.08 Å². The summed E-state index contributed by atoms with van der Waals surface area (Å²) in [5, 5.41) is 9.40. The Morgan fingerprint density at radius 2 is 2.04 bits per heavy atom. The lowest BCUT2D eigenvalue weighted by Crippen LogP contribution is -1.98. The van der Waals surface area contributed by atoms with Gasteiger partial charge in [0.25, 0.3) is 0 Å². The number of methoxy groups -OCH3 is 1. The van der Waals surface area contributed by atoms with Gasteiger partial charge in [0.2, 0.25) is 0 Å². The van der Waals surface area contributed by atoms with Crippen LogP contribution in [0.2, 0.25) is 0 Å². The van der Waals surface area contributed by atoms with Crippen LogP contribution in [0.1, 0.15) is 23.6 Å². The first-order chi connectivity index (χ1) is 12.7. The summed E-state index contributed by atoms with van der Waals surface area (Å²) in [6.07, 6.45) is 9.32. The van der Waals surface area contributed by atoms with Crippen LogP contribution in [0.15, 0.2) is 61.2 Å². The molecule has 5 heteroatoms. The number of nitrogens with zero attached hydrogens (tertiary/aromatic N) is 3. The van der Waals surface area contributed by atoms with Crippen LogP contribution in [0.4, 0.5) is 0 Å². The predicted octanol–water partition coefficient (Wildman–Crippen LogP) is 4.64. The number of imidazole rings is 1. The molecule has 0 radical (unpaired) electrons. The second-order valence-corrected chi connectivity index (χ2v) is 5.69. The molecule has 26 heavy (non-hydrogen) atoms. The van der Waals surface area contributed by atoms with Gasteiger partial charge in [-0.1, -0.05) is 24.3 Å². The molecule has 0 saturated carbocycles. The van der Waals surface area contributed by atoms with E-state index in [0.29, 0.717) is 29.4 Å². The van der Waals surface area contributed by atoms with Gasteiger partial charge in [-0.15, -0.1) is 0 Å². The third-order valence-corrected chi connectivity index (χ3v) is 3.86. The number of benzene rings is 2. The topological polar surface area (TPSA) is 60.1 Å². The number of ether oxygens (including phenoxy) is 2. The molecular formula is C21H19N3O2. The minimum absolute atomic E-state index is 0.471. The maximum absolute atomic E-state index is 9.40. The van der Waals surface area contributed by atoms with E-state index in [9.17, 15) is 5.26 Å². The third-order valence-electron chi connectivity index (χ3n) is 3.86. The molecule has 0 bridgehead atoms. The number of hydrogen-bond donors (Lipinski definition) is 0. The largest absolute Gasteiger partial charge is 0.493 e. The summed E-state index contributed by atoms with van der Waals surface area (Å²) in [5.74, 6) is 1.68. The van der Waals surface area contributed by atoms with Gasteiger partial charge in [0.05, 0.1) is 19.0 Å². The van der Waals surface area contributed by atoms with E-state index in [-0.39, 0.29) is 0 Å². The molecule has 1 aromatic heterocycles. The highest BCUT2D eigenvalue weighted by Gasteiger charge is 2.11. The summed E-state index contributed by atoms with van der Waals surface area (Å²) in [6.45, 7) is 2.61. The van der Waals surface area contributed by atoms with Gasteiger partial charge in [-0.05, 0) is 42.3 Å². The van der Waals surface area contributed by atoms with Gasteiger partial charge in [-0.2, -0.15) is 5.26 Å². The molecule has 130 valence electrons. The third kappa shape index (κ3) is 3.93. The highest BCUT2D eigenvalue weighted by molar-refractivity contribution is 5.57. The number of nitriles is 1. The smallest absolute Gasteiger partial charge is 0.169 e. The van der Waals surface area contributed by atoms with E-state index < -0.39 is 0 Å². The number of allylic oxidation sites excluding steroid dienone is 1. The Morgan fingerprint density at radius 3 is 2.73 bits per heavy atom. The average molecular weight is 345 g/mol. The molecule has 2 aromatic carbocycles. The van der Waals surface area contributed by atoms with Gasteiger partial charge in [0, 0.05) is 18.9 Å². The van der Waals surface area contributed by atoms with Gasteiger partial charge in [0.15, 0.2) is 11.5 Å². The van der Waals surface area contributed by atoms with Crippen molar-refractivity contribution < 1.29 is 9.47 Å². The number of aromatic nitrogens is 2. The van der Waals surface area contributed by atoms with E-state index in [0.717, 1.165) is 11.1 Å². The minimum Gasteiger partial charge on any atom is -0.493 e. The van der Waals surface area contributed by atoms with E-state index in [2.05, 4.69) is 11.1 Å². The van der Waals surface area contributed by atoms with Crippen LogP contribution in [0.5, 0.6) is 17.2 Å². The van der Waals surface area contributed by atoms with E-state index in [4.69, 9.17) is 9.47 Å². The van der Waals surface area contributed by atoms with Crippen molar-refractivity contribution in [1.82, 2.24) is 9.55 Å². The summed E-state index contributed by atoms with van der Waals surface area (Å²) < 4.78 is 13.4. The van der Waals surface area contributed by atoms with Gasteiger partial charge in [-0.3, -0.25) is 0 Å². The maximum atomic E-state index is 9.40. The lowest BCUT2D eigenvalue weighted by molar-refractivity contribution is 0.378. The van der Waals surface area contributed by atoms with Crippen LogP contribution >= 0.6 is 0 Å². The quantitative estimate of drug-likeness (QED) is 0.653. The van der Waals surface area contributed by atoms with Crippen LogP contribution in [-0.2, 0) is 6.54 Å². The Kier molecular flexibility index (Phi) is 5.35. The Labute approximate surface area is 152 Å². The molecule has 0 fully saturated rings. The summed E-state index contributed by atoms with van der Waals surface area (Å²) in [6, 6.07) is 13.4. The second-order valence-electron chi connectivity index (χ2n) is 5.69. The summed E-state index contributed by atoms with van der Waals surface area (Å²) in [5.41, 5.74) is 2.51. The van der Waals surface area contributed by atoms with Gasteiger partial charge < -0.3 is 14.0 Å². The van der Waals surface area contributed by atoms with Crippen molar-refractivity contribution in [2.24, 2.45) is 0 Å². The zero-order valence-electron chi connectivity index (χ0n) is 14.7. The van der Waals surface area contributed by atoms with E-state index in [1.54, 1.807) is 25.7 Å². The molecule has 5 nitrogen and oxygen atoms in total. The second kappa shape index (κ2) is 8.04. The zero-order chi connectivity index (χ0) is 18.4. The molecule has 1 heterocycles. The molecule has 0 unspecified atom stereocenters. The molecule has 0 atom stereocenters. The molecule has 0 N–H and O–H groups in total. The fraction of sp³-hybridized carbons (Fsp3) is 0.143. The number of hydrogen-bond acceptors (Lipinski definition) is 4. The molecule has 3 aromatic rings. The van der Waals surface area contributed by atoms with Crippen molar-refractivity contribution >= 4 is 6.08 Å². The molecule has 0 saturated heterocycles. The first kappa shape index (κ1) is 17.3. The van der Waals surface area contributed by atoms with Crippen LogP contribution in [0, 0.1) is 11.3 Å². The minimum atomic E-state index is 0.471. The van der Waals surface area contributed by atoms with Gasteiger partial charge >= 0.3 is 0 Å². The predicted molar refractivity (Wildman–Crippen MR) is 100 cm³/mol. The van der Waals surface area contributed by atoms with Crippen molar-refractivity contribution in [2.45, 2.75) is 13.5 Å². The SMILES string of the molecule is CC=Cc1ccc(Oc2cc(Cn3ccnc3)ccc2C#N)c(OC)c1. The van der Waals surface area contributed by atoms with E-state index in [1.807, 2.05) is 60.2 Å². The summed E-state index contributed by atoms with van der Waals surface area (Å²) >= 11 is 0. The van der Waals surface area contributed by atoms with Crippen molar-refractivity contribution in [1.29, 1.82) is 5.26 Å².